The summed E-state index contributed by atoms with van der Waals surface area (Å²) in [6.07, 6.45) is -0.160. The number of rotatable bonds is 5. The van der Waals surface area contributed by atoms with E-state index in [4.69, 9.17) is 5.11 Å². The molecule has 1 atom stereocenters. The molecule has 0 fully saturated rings. The predicted molar refractivity (Wildman–Crippen MR) is 63.2 cm³/mol. The van der Waals surface area contributed by atoms with Crippen molar-refractivity contribution in [2.45, 2.75) is 26.3 Å². The topological polar surface area (TPSA) is 112 Å². The van der Waals surface area contributed by atoms with Gasteiger partial charge in [-0.2, -0.15) is 5.10 Å². The Labute approximate surface area is 103 Å². The summed E-state index contributed by atoms with van der Waals surface area (Å²) < 4.78 is 0. The van der Waals surface area contributed by atoms with Crippen LogP contribution in [0.5, 0.6) is 0 Å². The highest BCUT2D eigenvalue weighted by Crippen LogP contribution is 2.07. The number of hydrogen-bond acceptors (Lipinski definition) is 4. The third-order valence-electron chi connectivity index (χ3n) is 2.43. The molecule has 1 aromatic rings. The zero-order valence-corrected chi connectivity index (χ0v) is 10.1. The van der Waals surface area contributed by atoms with Gasteiger partial charge in [0.1, 0.15) is 5.69 Å². The van der Waals surface area contributed by atoms with Gasteiger partial charge in [0, 0.05) is 12.1 Å². The molecule has 1 aromatic heterocycles. The fourth-order valence-corrected chi connectivity index (χ4v) is 1.35. The van der Waals surface area contributed by atoms with E-state index in [1.165, 1.54) is 12.1 Å². The predicted octanol–water partition coefficient (Wildman–Crippen LogP) is -0.00100. The number of nitrogens with one attached hydrogen (secondary N) is 2. The number of amides is 1. The monoisotopic (exact) mass is 253 g/mol. The number of carboxylic acids is 1. The summed E-state index contributed by atoms with van der Waals surface area (Å²) in [6, 6.07) is 1.99. The molecule has 1 heterocycles. The summed E-state index contributed by atoms with van der Waals surface area (Å²) in [4.78, 5) is 33.2. The van der Waals surface area contributed by atoms with Gasteiger partial charge in [-0.1, -0.05) is 13.8 Å². The summed E-state index contributed by atoms with van der Waals surface area (Å²) in [5.41, 5.74) is -0.358. The fraction of sp³-hybridized carbons (Fsp3) is 0.455. The normalized spacial score (nSPS) is 12.2. The van der Waals surface area contributed by atoms with E-state index in [9.17, 15) is 14.4 Å². The van der Waals surface area contributed by atoms with E-state index in [0.29, 0.717) is 0 Å². The molecule has 0 radical (unpaired) electrons. The molecule has 0 bridgehead atoms. The van der Waals surface area contributed by atoms with Crippen molar-refractivity contribution in [2.24, 2.45) is 5.92 Å². The number of nitrogens with zero attached hydrogens (tertiary/aromatic N) is 1. The first-order chi connectivity index (χ1) is 8.40. The average Bonchev–Trinajstić information content (AvgIpc) is 2.28. The van der Waals surface area contributed by atoms with Crippen LogP contribution in [0.4, 0.5) is 0 Å². The minimum absolute atomic E-state index is 0.0205. The van der Waals surface area contributed by atoms with Crippen LogP contribution in [0.1, 0.15) is 30.8 Å². The Balaban J connectivity index is 2.75. The standard InChI is InChI=1S/C11H15N3O4/c1-6(2)8(5-10(16)17)12-11(18)7-3-4-9(15)14-13-7/h3-4,6,8H,5H2,1-2H3,(H,12,18)(H,14,15)(H,16,17). The highest BCUT2D eigenvalue weighted by atomic mass is 16.4. The Morgan fingerprint density at radius 2 is 2.11 bits per heavy atom. The van der Waals surface area contributed by atoms with Gasteiger partial charge in [-0.05, 0) is 12.0 Å². The summed E-state index contributed by atoms with van der Waals surface area (Å²) >= 11 is 0. The van der Waals surface area contributed by atoms with Crippen LogP contribution in [0, 0.1) is 5.92 Å². The van der Waals surface area contributed by atoms with Gasteiger partial charge in [0.05, 0.1) is 6.42 Å². The van der Waals surface area contributed by atoms with Gasteiger partial charge < -0.3 is 10.4 Å². The van der Waals surface area contributed by atoms with Gasteiger partial charge in [0.2, 0.25) is 0 Å². The molecule has 0 saturated heterocycles. The Hall–Kier alpha value is -2.18. The molecule has 1 unspecified atom stereocenters. The van der Waals surface area contributed by atoms with E-state index in [2.05, 4.69) is 15.5 Å². The molecular weight excluding hydrogens is 238 g/mol. The lowest BCUT2D eigenvalue weighted by atomic mass is 10.0. The van der Waals surface area contributed by atoms with Crippen LogP contribution < -0.4 is 10.9 Å². The fourth-order valence-electron chi connectivity index (χ4n) is 1.35. The second-order valence-corrected chi connectivity index (χ2v) is 4.23. The van der Waals surface area contributed by atoms with Crippen molar-refractivity contribution in [3.05, 3.63) is 28.2 Å². The van der Waals surface area contributed by atoms with Crippen LogP contribution in [0.3, 0.4) is 0 Å². The lowest BCUT2D eigenvalue weighted by molar-refractivity contribution is -0.137. The molecular formula is C11H15N3O4. The number of aromatic nitrogens is 2. The Morgan fingerprint density at radius 3 is 2.56 bits per heavy atom. The van der Waals surface area contributed by atoms with Gasteiger partial charge in [-0.15, -0.1) is 0 Å². The molecule has 0 saturated carbocycles. The summed E-state index contributed by atoms with van der Waals surface area (Å²) in [7, 11) is 0. The number of hydrogen-bond donors (Lipinski definition) is 3. The molecule has 7 nitrogen and oxygen atoms in total. The molecule has 1 rings (SSSR count). The van der Waals surface area contributed by atoms with Crippen LogP contribution in [-0.2, 0) is 4.79 Å². The van der Waals surface area contributed by atoms with E-state index >= 15 is 0 Å². The van der Waals surface area contributed by atoms with Crippen LogP contribution in [0.15, 0.2) is 16.9 Å². The van der Waals surface area contributed by atoms with E-state index in [1.807, 2.05) is 13.8 Å². The van der Waals surface area contributed by atoms with E-state index in [-0.39, 0.29) is 18.0 Å². The first-order valence-corrected chi connectivity index (χ1v) is 5.48. The van der Waals surface area contributed by atoms with Crippen LogP contribution in [0.2, 0.25) is 0 Å². The summed E-state index contributed by atoms with van der Waals surface area (Å²) in [6.45, 7) is 3.63. The maximum Gasteiger partial charge on any atom is 0.305 e. The van der Waals surface area contributed by atoms with Crippen LogP contribution in [0.25, 0.3) is 0 Å². The van der Waals surface area contributed by atoms with Gasteiger partial charge in [-0.3, -0.25) is 14.4 Å². The lowest BCUT2D eigenvalue weighted by Gasteiger charge is -2.20. The van der Waals surface area contributed by atoms with Crippen molar-refractivity contribution in [3.63, 3.8) is 0 Å². The quantitative estimate of drug-likeness (QED) is 0.683. The molecule has 0 aliphatic rings. The van der Waals surface area contributed by atoms with Crippen LogP contribution >= 0.6 is 0 Å². The third kappa shape index (κ3) is 4.00. The molecule has 18 heavy (non-hydrogen) atoms. The van der Waals surface area contributed by atoms with Gasteiger partial charge in [0.15, 0.2) is 0 Å². The van der Waals surface area contributed by atoms with Gasteiger partial charge in [0.25, 0.3) is 11.5 Å². The first kappa shape index (κ1) is 13.9. The Morgan fingerprint density at radius 1 is 1.44 bits per heavy atom. The molecule has 98 valence electrons. The van der Waals surface area contributed by atoms with Crippen LogP contribution in [-0.4, -0.2) is 33.2 Å². The molecule has 3 N–H and O–H groups in total. The number of carboxylic acid groups (broad SMARTS) is 1. The average molecular weight is 253 g/mol. The van der Waals surface area contributed by atoms with Gasteiger partial charge in [-0.25, -0.2) is 5.10 Å². The largest absolute Gasteiger partial charge is 0.481 e. The van der Waals surface area contributed by atoms with Crippen molar-refractivity contribution in [3.8, 4) is 0 Å². The van der Waals surface area contributed by atoms with E-state index < -0.39 is 23.5 Å². The molecule has 0 aromatic carbocycles. The SMILES string of the molecule is CC(C)C(CC(=O)O)NC(=O)c1ccc(=O)[nH]n1. The smallest absolute Gasteiger partial charge is 0.305 e. The van der Waals surface area contributed by atoms with Crippen molar-refractivity contribution < 1.29 is 14.7 Å². The minimum Gasteiger partial charge on any atom is -0.481 e. The van der Waals surface area contributed by atoms with Crippen molar-refractivity contribution in [1.29, 1.82) is 0 Å². The Bertz CT molecular complexity index is 475. The maximum absolute atomic E-state index is 11.8. The lowest BCUT2D eigenvalue weighted by Crippen LogP contribution is -2.40. The number of carbonyl (C=O) groups is 2. The molecule has 1 amide bonds. The minimum atomic E-state index is -0.983. The second kappa shape index (κ2) is 5.95. The molecule has 0 aliphatic carbocycles. The maximum atomic E-state index is 11.8. The first-order valence-electron chi connectivity index (χ1n) is 5.48. The van der Waals surface area contributed by atoms with Crippen molar-refractivity contribution in [1.82, 2.24) is 15.5 Å². The summed E-state index contributed by atoms with van der Waals surface area (Å²) in [5.74, 6) is -1.51. The highest BCUT2D eigenvalue weighted by Gasteiger charge is 2.20. The number of H-pyrrole nitrogens is 1. The third-order valence-corrected chi connectivity index (χ3v) is 2.43. The Kier molecular flexibility index (Phi) is 4.59. The van der Waals surface area contributed by atoms with E-state index in [1.54, 1.807) is 0 Å². The highest BCUT2D eigenvalue weighted by molar-refractivity contribution is 5.92. The molecule has 0 aliphatic heterocycles. The molecule has 0 spiro atoms. The van der Waals surface area contributed by atoms with Crippen molar-refractivity contribution in [2.75, 3.05) is 0 Å². The number of aromatic amines is 1. The second-order valence-electron chi connectivity index (χ2n) is 4.23. The van der Waals surface area contributed by atoms with E-state index in [0.717, 1.165) is 0 Å². The zero-order valence-electron chi connectivity index (χ0n) is 10.1. The summed E-state index contributed by atoms with van der Waals surface area (Å²) in [5, 5.41) is 17.0. The van der Waals surface area contributed by atoms with Crippen molar-refractivity contribution >= 4 is 11.9 Å². The zero-order chi connectivity index (χ0) is 13.7. The van der Waals surface area contributed by atoms with Gasteiger partial charge >= 0.3 is 5.97 Å². The number of carbonyl (C=O) groups excluding carboxylic acids is 1. The number of aliphatic carboxylic acids is 1. The molecule has 7 heteroatoms.